The number of benzene rings is 2. The van der Waals surface area contributed by atoms with E-state index in [9.17, 15) is 14.0 Å². The summed E-state index contributed by atoms with van der Waals surface area (Å²) in [4.78, 5) is 24.5. The van der Waals surface area contributed by atoms with E-state index in [4.69, 9.17) is 4.52 Å². The van der Waals surface area contributed by atoms with Gasteiger partial charge < -0.3 is 15.2 Å². The molecule has 0 aliphatic heterocycles. The van der Waals surface area contributed by atoms with Gasteiger partial charge in [0.05, 0.1) is 0 Å². The maximum Gasteiger partial charge on any atom is 0.256 e. The number of hydrogen-bond acceptors (Lipinski definition) is 4. The summed E-state index contributed by atoms with van der Waals surface area (Å²) >= 11 is 0. The molecule has 6 nitrogen and oxygen atoms in total. The van der Waals surface area contributed by atoms with Crippen LogP contribution in [0.4, 0.5) is 10.2 Å². The first kappa shape index (κ1) is 17.3. The van der Waals surface area contributed by atoms with Crippen LogP contribution >= 0.6 is 0 Å². The van der Waals surface area contributed by atoms with Gasteiger partial charge in [-0.15, -0.1) is 0 Å². The fourth-order valence-corrected chi connectivity index (χ4v) is 2.30. The highest BCUT2D eigenvalue weighted by molar-refractivity contribution is 6.05. The quantitative estimate of drug-likeness (QED) is 0.737. The lowest BCUT2D eigenvalue weighted by Crippen LogP contribution is -2.23. The number of nitrogens with one attached hydrogen (secondary N) is 2. The van der Waals surface area contributed by atoms with Gasteiger partial charge in [-0.3, -0.25) is 9.59 Å². The van der Waals surface area contributed by atoms with Crippen molar-refractivity contribution in [1.82, 2.24) is 10.5 Å². The number of halogens is 1. The number of amides is 2. The lowest BCUT2D eigenvalue weighted by atomic mass is 10.1. The van der Waals surface area contributed by atoms with Gasteiger partial charge in [-0.2, -0.15) is 0 Å². The summed E-state index contributed by atoms with van der Waals surface area (Å²) < 4.78 is 17.8. The summed E-state index contributed by atoms with van der Waals surface area (Å²) in [5.74, 6) is -0.179. The predicted molar refractivity (Wildman–Crippen MR) is 93.2 cm³/mol. The summed E-state index contributed by atoms with van der Waals surface area (Å²) in [6.07, 6.45) is 0. The van der Waals surface area contributed by atoms with Crippen molar-refractivity contribution in [3.05, 3.63) is 82.9 Å². The van der Waals surface area contributed by atoms with Crippen molar-refractivity contribution in [2.75, 3.05) is 5.32 Å². The molecule has 0 unspecified atom stereocenters. The Balaban J connectivity index is 1.64. The highest BCUT2D eigenvalue weighted by Crippen LogP contribution is 2.11. The third kappa shape index (κ3) is 4.32. The second-order valence-corrected chi connectivity index (χ2v) is 5.67. The van der Waals surface area contributed by atoms with E-state index in [-0.39, 0.29) is 18.3 Å². The van der Waals surface area contributed by atoms with Gasteiger partial charge in [0.2, 0.25) is 0 Å². The molecule has 26 heavy (non-hydrogen) atoms. The Morgan fingerprint density at radius 3 is 2.38 bits per heavy atom. The lowest BCUT2D eigenvalue weighted by molar-refractivity contribution is 0.0951. The topological polar surface area (TPSA) is 84.2 Å². The highest BCUT2D eigenvalue weighted by atomic mass is 19.1. The summed E-state index contributed by atoms with van der Waals surface area (Å²) in [7, 11) is 0. The van der Waals surface area contributed by atoms with Crippen LogP contribution in [-0.2, 0) is 6.54 Å². The molecule has 132 valence electrons. The maximum absolute atomic E-state index is 12.9. The summed E-state index contributed by atoms with van der Waals surface area (Å²) in [5.41, 5.74) is 1.44. The first-order valence-corrected chi connectivity index (χ1v) is 7.88. The SMILES string of the molecule is Cc1cc(NC(=O)c2cccc(C(=O)NCc3ccc(F)cc3)c2)no1. The number of aromatic nitrogens is 1. The zero-order valence-electron chi connectivity index (χ0n) is 14.0. The fraction of sp³-hybridized carbons (Fsp3) is 0.105. The minimum Gasteiger partial charge on any atom is -0.360 e. The van der Waals surface area contributed by atoms with E-state index in [1.165, 1.54) is 18.2 Å². The summed E-state index contributed by atoms with van der Waals surface area (Å²) in [6, 6.07) is 13.8. The molecule has 0 fully saturated rings. The summed E-state index contributed by atoms with van der Waals surface area (Å²) in [5, 5.41) is 9.03. The van der Waals surface area contributed by atoms with Crippen molar-refractivity contribution in [3.8, 4) is 0 Å². The Hall–Kier alpha value is -3.48. The van der Waals surface area contributed by atoms with Crippen molar-refractivity contribution in [2.24, 2.45) is 0 Å². The van der Waals surface area contributed by atoms with Crippen molar-refractivity contribution < 1.29 is 18.5 Å². The fourth-order valence-electron chi connectivity index (χ4n) is 2.30. The van der Waals surface area contributed by atoms with E-state index >= 15 is 0 Å². The Morgan fingerprint density at radius 1 is 1.04 bits per heavy atom. The van der Waals surface area contributed by atoms with Crippen LogP contribution in [0.2, 0.25) is 0 Å². The van der Waals surface area contributed by atoms with Crippen LogP contribution in [0.5, 0.6) is 0 Å². The molecule has 2 aromatic carbocycles. The highest BCUT2D eigenvalue weighted by Gasteiger charge is 2.12. The monoisotopic (exact) mass is 353 g/mol. The van der Waals surface area contributed by atoms with Crippen LogP contribution in [-0.4, -0.2) is 17.0 Å². The minimum atomic E-state index is -0.397. The molecular formula is C19H16FN3O3. The van der Waals surface area contributed by atoms with E-state index in [0.29, 0.717) is 22.7 Å². The Bertz CT molecular complexity index is 935. The van der Waals surface area contributed by atoms with E-state index in [2.05, 4.69) is 15.8 Å². The van der Waals surface area contributed by atoms with E-state index in [1.54, 1.807) is 43.3 Å². The molecule has 3 aromatic rings. The minimum absolute atomic E-state index is 0.258. The smallest absolute Gasteiger partial charge is 0.256 e. The van der Waals surface area contributed by atoms with Gasteiger partial charge in [0.25, 0.3) is 11.8 Å². The van der Waals surface area contributed by atoms with Gasteiger partial charge in [-0.1, -0.05) is 23.4 Å². The number of carbonyl (C=O) groups excluding carboxylic acids is 2. The number of nitrogens with zero attached hydrogens (tertiary/aromatic N) is 1. The zero-order valence-corrected chi connectivity index (χ0v) is 14.0. The van der Waals surface area contributed by atoms with Crippen molar-refractivity contribution in [3.63, 3.8) is 0 Å². The standard InChI is InChI=1S/C19H16FN3O3/c1-12-9-17(23-26-12)22-19(25)15-4-2-3-14(10-15)18(24)21-11-13-5-7-16(20)8-6-13/h2-10H,11H2,1H3,(H,21,24)(H,22,23,25). The van der Waals surface area contributed by atoms with Gasteiger partial charge >= 0.3 is 0 Å². The first-order valence-electron chi connectivity index (χ1n) is 7.88. The number of hydrogen-bond donors (Lipinski definition) is 2. The van der Waals surface area contributed by atoms with E-state index < -0.39 is 5.91 Å². The van der Waals surface area contributed by atoms with Crippen LogP contribution < -0.4 is 10.6 Å². The van der Waals surface area contributed by atoms with Gasteiger partial charge in [0.15, 0.2) is 5.82 Å². The van der Waals surface area contributed by atoms with Crippen molar-refractivity contribution >= 4 is 17.6 Å². The normalized spacial score (nSPS) is 10.4. The summed E-state index contributed by atoms with van der Waals surface area (Å²) in [6.45, 7) is 1.97. The van der Waals surface area contributed by atoms with Gasteiger partial charge in [0.1, 0.15) is 11.6 Å². The van der Waals surface area contributed by atoms with Gasteiger partial charge in [0, 0.05) is 23.7 Å². The van der Waals surface area contributed by atoms with E-state index in [0.717, 1.165) is 5.56 Å². The molecule has 7 heteroatoms. The molecule has 0 atom stereocenters. The Labute approximate surface area is 149 Å². The van der Waals surface area contributed by atoms with Gasteiger partial charge in [-0.05, 0) is 42.8 Å². The van der Waals surface area contributed by atoms with Crippen molar-refractivity contribution in [2.45, 2.75) is 13.5 Å². The second kappa shape index (κ2) is 7.60. The number of carbonyl (C=O) groups is 2. The van der Waals surface area contributed by atoms with Crippen LogP contribution in [0.15, 0.2) is 59.1 Å². The van der Waals surface area contributed by atoms with Gasteiger partial charge in [-0.25, -0.2) is 4.39 Å². The molecule has 2 amide bonds. The molecule has 0 aliphatic rings. The molecule has 0 radical (unpaired) electrons. The predicted octanol–water partition coefficient (Wildman–Crippen LogP) is 3.30. The molecule has 1 aromatic heterocycles. The number of aryl methyl sites for hydroxylation is 1. The van der Waals surface area contributed by atoms with E-state index in [1.807, 2.05) is 0 Å². The third-order valence-electron chi connectivity index (χ3n) is 3.62. The molecular weight excluding hydrogens is 337 g/mol. The second-order valence-electron chi connectivity index (χ2n) is 5.67. The molecule has 1 heterocycles. The zero-order chi connectivity index (χ0) is 18.5. The maximum atomic E-state index is 12.9. The number of rotatable bonds is 5. The molecule has 3 rings (SSSR count). The first-order chi connectivity index (χ1) is 12.5. The molecule has 0 saturated carbocycles. The average Bonchev–Trinajstić information content (AvgIpc) is 3.05. The third-order valence-corrected chi connectivity index (χ3v) is 3.62. The number of anilines is 1. The lowest BCUT2D eigenvalue weighted by Gasteiger charge is -2.07. The molecule has 0 aliphatic carbocycles. The van der Waals surface area contributed by atoms with Crippen LogP contribution in [0.1, 0.15) is 32.0 Å². The van der Waals surface area contributed by atoms with Crippen molar-refractivity contribution in [1.29, 1.82) is 0 Å². The van der Waals surface area contributed by atoms with Crippen LogP contribution in [0, 0.1) is 12.7 Å². The Kier molecular flexibility index (Phi) is 5.07. The molecule has 2 N–H and O–H groups in total. The largest absolute Gasteiger partial charge is 0.360 e. The van der Waals surface area contributed by atoms with Crippen LogP contribution in [0.3, 0.4) is 0 Å². The Morgan fingerprint density at radius 2 is 1.73 bits per heavy atom. The van der Waals surface area contributed by atoms with Crippen LogP contribution in [0.25, 0.3) is 0 Å². The molecule has 0 bridgehead atoms. The molecule has 0 saturated heterocycles. The molecule has 0 spiro atoms. The average molecular weight is 353 g/mol.